The molecule has 132 valence electrons. The summed E-state index contributed by atoms with van der Waals surface area (Å²) in [6, 6.07) is -0.0169. The number of rotatable bonds is 8. The minimum absolute atomic E-state index is 0.0169. The average Bonchev–Trinajstić information content (AvgIpc) is 2.99. The maximum Gasteiger partial charge on any atom is 0.329 e. The van der Waals surface area contributed by atoms with Gasteiger partial charge in [0.25, 0.3) is 5.56 Å². The van der Waals surface area contributed by atoms with Gasteiger partial charge in [0.15, 0.2) is 5.65 Å². The molecule has 2 heterocycles. The summed E-state index contributed by atoms with van der Waals surface area (Å²) < 4.78 is 1.26. The van der Waals surface area contributed by atoms with E-state index in [0.717, 1.165) is 19.3 Å². The third-order valence-electron chi connectivity index (χ3n) is 3.95. The Morgan fingerprint density at radius 1 is 1.38 bits per heavy atom. The Morgan fingerprint density at radius 3 is 2.79 bits per heavy atom. The number of carbonyl (C=O) groups is 1. The molecule has 9 heteroatoms. The van der Waals surface area contributed by atoms with Crippen LogP contribution in [0.2, 0.25) is 0 Å². The van der Waals surface area contributed by atoms with E-state index in [9.17, 15) is 14.4 Å². The van der Waals surface area contributed by atoms with Gasteiger partial charge >= 0.3 is 5.69 Å². The smallest absolute Gasteiger partial charge is 0.329 e. The molecule has 9 nitrogen and oxygen atoms in total. The van der Waals surface area contributed by atoms with Gasteiger partial charge in [-0.25, -0.2) is 9.78 Å². The lowest BCUT2D eigenvalue weighted by atomic mass is 10.1. The van der Waals surface area contributed by atoms with E-state index in [-0.39, 0.29) is 29.5 Å². The van der Waals surface area contributed by atoms with Gasteiger partial charge in [-0.3, -0.25) is 19.1 Å². The fourth-order valence-corrected chi connectivity index (χ4v) is 2.50. The lowest BCUT2D eigenvalue weighted by molar-refractivity contribution is -0.121. The summed E-state index contributed by atoms with van der Waals surface area (Å²) in [5, 5.41) is 2.91. The van der Waals surface area contributed by atoms with Crippen molar-refractivity contribution in [2.75, 3.05) is 6.54 Å². The number of unbranched alkanes of at least 4 members (excludes halogenated alkanes) is 1. The van der Waals surface area contributed by atoms with Gasteiger partial charge in [0.1, 0.15) is 11.3 Å². The van der Waals surface area contributed by atoms with Gasteiger partial charge in [-0.2, -0.15) is 0 Å². The maximum absolute atomic E-state index is 12.0. The Labute approximate surface area is 138 Å². The SMILES string of the molecule is CCCCC(CN)NC(=O)CCc1nc2c([nH]1)c(=O)[nH]c(=O)n2C. The molecule has 0 aromatic carbocycles. The lowest BCUT2D eigenvalue weighted by Crippen LogP contribution is -2.40. The molecule has 2 aromatic rings. The standard InChI is InChI=1S/C15H24N6O3/c1-3-4-5-9(8-16)17-11(22)7-6-10-18-12-13(19-10)21(2)15(24)20-14(12)23/h9H,3-8,16H2,1-2H3,(H,17,22)(H,18,19)(H,20,23,24). The predicted octanol–water partition coefficient (Wildman–Crippen LogP) is -0.484. The zero-order chi connectivity index (χ0) is 17.7. The Balaban J connectivity index is 2.02. The monoisotopic (exact) mass is 336 g/mol. The van der Waals surface area contributed by atoms with Crippen molar-refractivity contribution in [1.29, 1.82) is 0 Å². The van der Waals surface area contributed by atoms with Crippen LogP contribution >= 0.6 is 0 Å². The van der Waals surface area contributed by atoms with Crippen LogP contribution in [0.5, 0.6) is 0 Å². The van der Waals surface area contributed by atoms with E-state index in [0.29, 0.717) is 18.8 Å². The van der Waals surface area contributed by atoms with Crippen LogP contribution in [0.3, 0.4) is 0 Å². The Kier molecular flexibility index (Phi) is 5.91. The number of imidazole rings is 1. The quantitative estimate of drug-likeness (QED) is 0.515. The number of aromatic amines is 2. The average molecular weight is 336 g/mol. The van der Waals surface area contributed by atoms with E-state index in [4.69, 9.17) is 5.73 Å². The topological polar surface area (TPSA) is 139 Å². The summed E-state index contributed by atoms with van der Waals surface area (Å²) in [4.78, 5) is 44.6. The van der Waals surface area contributed by atoms with Crippen LogP contribution in [0.1, 0.15) is 38.4 Å². The molecule has 0 saturated carbocycles. The predicted molar refractivity (Wildman–Crippen MR) is 90.8 cm³/mol. The number of aromatic nitrogens is 4. The molecule has 0 spiro atoms. The molecule has 5 N–H and O–H groups in total. The van der Waals surface area contributed by atoms with Crippen molar-refractivity contribution in [2.45, 2.75) is 45.1 Å². The summed E-state index contributed by atoms with van der Waals surface area (Å²) in [7, 11) is 1.53. The van der Waals surface area contributed by atoms with Gasteiger partial charge in [0, 0.05) is 32.5 Å². The highest BCUT2D eigenvalue weighted by Crippen LogP contribution is 2.06. The molecule has 0 saturated heterocycles. The molecule has 2 rings (SSSR count). The Bertz CT molecular complexity index is 819. The number of H-pyrrole nitrogens is 2. The number of carbonyl (C=O) groups excluding carboxylic acids is 1. The van der Waals surface area contributed by atoms with Crippen LogP contribution in [0.4, 0.5) is 0 Å². The molecule has 1 unspecified atom stereocenters. The lowest BCUT2D eigenvalue weighted by Gasteiger charge is -2.16. The third-order valence-corrected chi connectivity index (χ3v) is 3.95. The first-order valence-corrected chi connectivity index (χ1v) is 8.13. The highest BCUT2D eigenvalue weighted by molar-refractivity contribution is 5.76. The van der Waals surface area contributed by atoms with Crippen molar-refractivity contribution in [2.24, 2.45) is 12.8 Å². The molecule has 0 aliphatic rings. The Morgan fingerprint density at radius 2 is 2.12 bits per heavy atom. The van der Waals surface area contributed by atoms with E-state index in [1.807, 2.05) is 0 Å². The van der Waals surface area contributed by atoms with Gasteiger partial charge < -0.3 is 16.0 Å². The van der Waals surface area contributed by atoms with E-state index >= 15 is 0 Å². The summed E-state index contributed by atoms with van der Waals surface area (Å²) in [5.74, 6) is 0.384. The molecule has 0 bridgehead atoms. The minimum atomic E-state index is -0.523. The molecule has 0 aliphatic heterocycles. The van der Waals surface area contributed by atoms with Gasteiger partial charge in [-0.05, 0) is 6.42 Å². The molecule has 2 aromatic heterocycles. The first-order chi connectivity index (χ1) is 11.5. The second kappa shape index (κ2) is 7.91. The number of nitrogens with zero attached hydrogens (tertiary/aromatic N) is 2. The third kappa shape index (κ3) is 4.10. The first kappa shape index (κ1) is 17.9. The van der Waals surface area contributed by atoms with Crippen molar-refractivity contribution in [3.8, 4) is 0 Å². The van der Waals surface area contributed by atoms with Crippen molar-refractivity contribution in [1.82, 2.24) is 24.8 Å². The summed E-state index contributed by atoms with van der Waals surface area (Å²) in [6.07, 6.45) is 3.51. The largest absolute Gasteiger partial charge is 0.352 e. The molecular formula is C15H24N6O3. The summed E-state index contributed by atoms with van der Waals surface area (Å²) in [6.45, 7) is 2.50. The Hall–Kier alpha value is -2.42. The fraction of sp³-hybridized carbons (Fsp3) is 0.600. The number of hydrogen-bond acceptors (Lipinski definition) is 5. The number of nitrogens with one attached hydrogen (secondary N) is 3. The van der Waals surface area contributed by atoms with Gasteiger partial charge in [0.05, 0.1) is 0 Å². The van der Waals surface area contributed by atoms with Gasteiger partial charge in [0.2, 0.25) is 5.91 Å². The van der Waals surface area contributed by atoms with Gasteiger partial charge in [-0.15, -0.1) is 0 Å². The number of fused-ring (bicyclic) bond motifs is 1. The zero-order valence-corrected chi connectivity index (χ0v) is 14.0. The maximum atomic E-state index is 12.0. The van der Waals surface area contributed by atoms with E-state index in [2.05, 4.69) is 27.2 Å². The number of amides is 1. The van der Waals surface area contributed by atoms with E-state index in [1.165, 1.54) is 11.6 Å². The van der Waals surface area contributed by atoms with Crippen LogP contribution in [0.15, 0.2) is 9.59 Å². The second-order valence-electron chi connectivity index (χ2n) is 5.84. The normalized spacial score (nSPS) is 12.5. The fourth-order valence-electron chi connectivity index (χ4n) is 2.50. The molecule has 1 atom stereocenters. The molecule has 0 aliphatic carbocycles. The number of nitrogens with two attached hydrogens (primary N) is 1. The number of aryl methyl sites for hydroxylation is 2. The molecule has 0 radical (unpaired) electrons. The van der Waals surface area contributed by atoms with E-state index in [1.54, 1.807) is 0 Å². The molecular weight excluding hydrogens is 312 g/mol. The second-order valence-corrected chi connectivity index (χ2v) is 5.84. The van der Waals surface area contributed by atoms with Crippen LogP contribution in [0.25, 0.3) is 11.2 Å². The van der Waals surface area contributed by atoms with Crippen molar-refractivity contribution in [3.05, 3.63) is 26.7 Å². The van der Waals surface area contributed by atoms with Crippen molar-refractivity contribution < 1.29 is 4.79 Å². The summed E-state index contributed by atoms with van der Waals surface area (Å²) in [5.41, 5.74) is 5.14. The zero-order valence-electron chi connectivity index (χ0n) is 14.0. The molecule has 0 fully saturated rings. The highest BCUT2D eigenvalue weighted by atomic mass is 16.2. The molecule has 24 heavy (non-hydrogen) atoms. The van der Waals surface area contributed by atoms with Crippen LogP contribution in [-0.2, 0) is 18.3 Å². The van der Waals surface area contributed by atoms with Crippen LogP contribution < -0.4 is 22.3 Å². The minimum Gasteiger partial charge on any atom is -0.352 e. The highest BCUT2D eigenvalue weighted by Gasteiger charge is 2.13. The molecule has 1 amide bonds. The van der Waals surface area contributed by atoms with Crippen molar-refractivity contribution >= 4 is 17.1 Å². The van der Waals surface area contributed by atoms with E-state index < -0.39 is 11.2 Å². The van der Waals surface area contributed by atoms with Gasteiger partial charge in [-0.1, -0.05) is 19.8 Å². The number of hydrogen-bond donors (Lipinski definition) is 4. The first-order valence-electron chi connectivity index (χ1n) is 8.13. The van der Waals surface area contributed by atoms with Crippen molar-refractivity contribution in [3.63, 3.8) is 0 Å². The van der Waals surface area contributed by atoms with Crippen LogP contribution in [-0.4, -0.2) is 38.0 Å². The summed E-state index contributed by atoms with van der Waals surface area (Å²) >= 11 is 0. The van der Waals surface area contributed by atoms with Crippen LogP contribution in [0, 0.1) is 0 Å².